The van der Waals surface area contributed by atoms with Crippen LogP contribution in [0.4, 0.5) is 18.9 Å². The number of nitrogen functional groups attached to an aromatic ring is 1. The Morgan fingerprint density at radius 2 is 2.00 bits per heavy atom. The average molecular weight is 284 g/mol. The van der Waals surface area contributed by atoms with Crippen LogP contribution in [0.15, 0.2) is 29.2 Å². The van der Waals surface area contributed by atoms with Gasteiger partial charge in [-0.3, -0.25) is 0 Å². The van der Waals surface area contributed by atoms with E-state index in [1.54, 1.807) is 4.72 Å². The van der Waals surface area contributed by atoms with Gasteiger partial charge >= 0.3 is 6.18 Å². The molecule has 0 aromatic heterocycles. The standard InChI is InChI=1S/C9H11F3N2O3S/c10-9(11,12)8(15)5-14-18(16,17)7-3-1-2-6(13)4-7/h1-4,8,14-15H,5,13H2. The second kappa shape index (κ2) is 5.12. The second-order valence-corrected chi connectivity index (χ2v) is 5.25. The maximum Gasteiger partial charge on any atom is 0.415 e. The summed E-state index contributed by atoms with van der Waals surface area (Å²) in [5.74, 6) is 0. The Kier molecular flexibility index (Phi) is 4.20. The Morgan fingerprint density at radius 1 is 1.39 bits per heavy atom. The van der Waals surface area contributed by atoms with E-state index in [9.17, 15) is 21.6 Å². The predicted octanol–water partition coefficient (Wildman–Crippen LogP) is 0.470. The van der Waals surface area contributed by atoms with Crippen molar-refractivity contribution in [3.8, 4) is 0 Å². The molecule has 0 radical (unpaired) electrons. The van der Waals surface area contributed by atoms with Crippen LogP contribution in [0.1, 0.15) is 0 Å². The van der Waals surface area contributed by atoms with Crippen molar-refractivity contribution in [2.45, 2.75) is 17.2 Å². The van der Waals surface area contributed by atoms with E-state index in [1.807, 2.05) is 0 Å². The van der Waals surface area contributed by atoms with Crippen LogP contribution in [0.3, 0.4) is 0 Å². The number of hydrogen-bond acceptors (Lipinski definition) is 4. The van der Waals surface area contributed by atoms with Crippen LogP contribution in [0.2, 0.25) is 0 Å². The summed E-state index contributed by atoms with van der Waals surface area (Å²) in [4.78, 5) is -0.267. The predicted molar refractivity (Wildman–Crippen MR) is 58.1 cm³/mol. The fourth-order valence-electron chi connectivity index (χ4n) is 1.07. The maximum atomic E-state index is 12.0. The van der Waals surface area contributed by atoms with E-state index in [-0.39, 0.29) is 10.6 Å². The molecule has 0 saturated heterocycles. The highest BCUT2D eigenvalue weighted by atomic mass is 32.2. The molecular weight excluding hydrogens is 273 g/mol. The highest BCUT2D eigenvalue weighted by Crippen LogP contribution is 2.20. The third-order valence-electron chi connectivity index (χ3n) is 2.01. The van der Waals surface area contributed by atoms with E-state index in [0.29, 0.717) is 0 Å². The number of benzene rings is 1. The Labute approximate surface area is 101 Å². The van der Waals surface area contributed by atoms with Crippen molar-refractivity contribution in [1.82, 2.24) is 4.72 Å². The molecule has 1 atom stereocenters. The molecule has 102 valence electrons. The minimum atomic E-state index is -4.88. The number of nitrogens with one attached hydrogen (secondary N) is 1. The van der Waals surface area contributed by atoms with Crippen molar-refractivity contribution < 1.29 is 26.7 Å². The number of hydrogen-bond donors (Lipinski definition) is 3. The second-order valence-electron chi connectivity index (χ2n) is 3.48. The van der Waals surface area contributed by atoms with Gasteiger partial charge in [-0.1, -0.05) is 6.07 Å². The van der Waals surface area contributed by atoms with Gasteiger partial charge in [-0.25, -0.2) is 13.1 Å². The molecule has 0 saturated carbocycles. The number of aliphatic hydroxyl groups is 1. The summed E-state index contributed by atoms with van der Waals surface area (Å²) in [6.45, 7) is -1.15. The van der Waals surface area contributed by atoms with Gasteiger partial charge in [0.25, 0.3) is 0 Å². The number of aliphatic hydroxyl groups excluding tert-OH is 1. The van der Waals surface area contributed by atoms with Crippen molar-refractivity contribution in [3.63, 3.8) is 0 Å². The molecule has 0 aliphatic rings. The summed E-state index contributed by atoms with van der Waals surface area (Å²) in [5, 5.41) is 8.67. The summed E-state index contributed by atoms with van der Waals surface area (Å²) in [6, 6.07) is 5.06. The van der Waals surface area contributed by atoms with Crippen molar-refractivity contribution in [2.75, 3.05) is 12.3 Å². The number of anilines is 1. The van der Waals surface area contributed by atoms with E-state index in [4.69, 9.17) is 10.8 Å². The molecular formula is C9H11F3N2O3S. The smallest absolute Gasteiger partial charge is 0.399 e. The molecule has 4 N–H and O–H groups in total. The molecule has 0 bridgehead atoms. The summed E-state index contributed by atoms with van der Waals surface area (Å²) in [7, 11) is -4.13. The van der Waals surface area contributed by atoms with Crippen LogP contribution >= 0.6 is 0 Å². The van der Waals surface area contributed by atoms with Crippen LogP contribution in [0.25, 0.3) is 0 Å². The Bertz CT molecular complexity index is 516. The van der Waals surface area contributed by atoms with Crippen molar-refractivity contribution in [3.05, 3.63) is 24.3 Å². The summed E-state index contributed by atoms with van der Waals surface area (Å²) in [6.07, 6.45) is -7.63. The lowest BCUT2D eigenvalue weighted by atomic mass is 10.3. The van der Waals surface area contributed by atoms with Gasteiger partial charge in [0.1, 0.15) is 0 Å². The molecule has 18 heavy (non-hydrogen) atoms. The highest BCUT2D eigenvalue weighted by Gasteiger charge is 2.38. The third kappa shape index (κ3) is 3.86. The lowest BCUT2D eigenvalue weighted by Gasteiger charge is -2.15. The summed E-state index contributed by atoms with van der Waals surface area (Å²) < 4.78 is 60.8. The highest BCUT2D eigenvalue weighted by molar-refractivity contribution is 7.89. The quantitative estimate of drug-likeness (QED) is 0.701. The molecule has 9 heteroatoms. The first-order valence-electron chi connectivity index (χ1n) is 4.73. The van der Waals surface area contributed by atoms with Crippen LogP contribution in [-0.4, -0.2) is 32.3 Å². The van der Waals surface area contributed by atoms with Crippen LogP contribution < -0.4 is 10.5 Å². The van der Waals surface area contributed by atoms with Crippen LogP contribution in [-0.2, 0) is 10.0 Å². The minimum Gasteiger partial charge on any atom is -0.399 e. The molecule has 0 aliphatic carbocycles. The summed E-state index contributed by atoms with van der Waals surface area (Å²) >= 11 is 0. The first-order valence-corrected chi connectivity index (χ1v) is 6.21. The molecule has 1 unspecified atom stereocenters. The lowest BCUT2D eigenvalue weighted by molar-refractivity contribution is -0.200. The first-order chi connectivity index (χ1) is 8.13. The van der Waals surface area contributed by atoms with Gasteiger partial charge in [-0.2, -0.15) is 13.2 Å². The fourth-order valence-corrected chi connectivity index (χ4v) is 2.16. The van der Waals surface area contributed by atoms with Crippen LogP contribution in [0, 0.1) is 0 Å². The molecule has 0 spiro atoms. The number of halogens is 3. The number of alkyl halides is 3. The molecule has 1 aromatic rings. The zero-order chi connectivity index (χ0) is 14.0. The zero-order valence-electron chi connectivity index (χ0n) is 8.98. The third-order valence-corrected chi connectivity index (χ3v) is 3.43. The molecule has 0 heterocycles. The topological polar surface area (TPSA) is 92.4 Å². The Morgan fingerprint density at radius 3 is 2.50 bits per heavy atom. The van der Waals surface area contributed by atoms with Gasteiger partial charge in [0.15, 0.2) is 6.10 Å². The largest absolute Gasteiger partial charge is 0.415 e. The van der Waals surface area contributed by atoms with Crippen molar-refractivity contribution in [1.29, 1.82) is 0 Å². The molecule has 1 rings (SSSR count). The van der Waals surface area contributed by atoms with E-state index in [2.05, 4.69) is 0 Å². The van der Waals surface area contributed by atoms with Gasteiger partial charge in [-0.15, -0.1) is 0 Å². The fraction of sp³-hybridized carbons (Fsp3) is 0.333. The normalized spacial score (nSPS) is 14.4. The van der Waals surface area contributed by atoms with Crippen molar-refractivity contribution >= 4 is 15.7 Å². The number of rotatable bonds is 4. The molecule has 0 fully saturated rings. The average Bonchev–Trinajstić information content (AvgIpc) is 2.24. The lowest BCUT2D eigenvalue weighted by Crippen LogP contribution is -2.40. The molecule has 0 aliphatic heterocycles. The van der Waals surface area contributed by atoms with E-state index < -0.39 is 28.8 Å². The Hall–Kier alpha value is -1.32. The molecule has 1 aromatic carbocycles. The van der Waals surface area contributed by atoms with Gasteiger partial charge in [-0.05, 0) is 18.2 Å². The summed E-state index contributed by atoms with van der Waals surface area (Å²) in [5.41, 5.74) is 5.52. The Balaban J connectivity index is 2.78. The van der Waals surface area contributed by atoms with E-state index in [1.165, 1.54) is 18.2 Å². The van der Waals surface area contributed by atoms with E-state index >= 15 is 0 Å². The number of sulfonamides is 1. The van der Waals surface area contributed by atoms with E-state index in [0.717, 1.165) is 6.07 Å². The SMILES string of the molecule is Nc1cccc(S(=O)(=O)NCC(O)C(F)(F)F)c1. The van der Waals surface area contributed by atoms with Crippen molar-refractivity contribution in [2.24, 2.45) is 0 Å². The van der Waals surface area contributed by atoms with Crippen LogP contribution in [0.5, 0.6) is 0 Å². The van der Waals surface area contributed by atoms with Gasteiger partial charge < -0.3 is 10.8 Å². The first kappa shape index (κ1) is 14.7. The minimum absolute atomic E-state index is 0.161. The molecule has 0 amide bonds. The maximum absolute atomic E-state index is 12.0. The number of nitrogens with two attached hydrogens (primary N) is 1. The zero-order valence-corrected chi connectivity index (χ0v) is 9.79. The monoisotopic (exact) mass is 284 g/mol. The molecule has 5 nitrogen and oxygen atoms in total. The van der Waals surface area contributed by atoms with Gasteiger partial charge in [0.05, 0.1) is 4.90 Å². The van der Waals surface area contributed by atoms with Gasteiger partial charge in [0.2, 0.25) is 10.0 Å². The van der Waals surface area contributed by atoms with Gasteiger partial charge in [0, 0.05) is 12.2 Å².